The smallest absolute Gasteiger partial charge is 0.407 e. The summed E-state index contributed by atoms with van der Waals surface area (Å²) >= 11 is 6.55. The Morgan fingerprint density at radius 1 is 1.24 bits per heavy atom. The van der Waals surface area contributed by atoms with E-state index in [0.717, 1.165) is 19.0 Å². The summed E-state index contributed by atoms with van der Waals surface area (Å²) in [4.78, 5) is 37.4. The average Bonchev–Trinajstić information content (AvgIpc) is 3.64. The topological polar surface area (TPSA) is 138 Å². The second kappa shape index (κ2) is 13.3. The van der Waals surface area contributed by atoms with Crippen LogP contribution in [0, 0.1) is 16.7 Å². The van der Waals surface area contributed by atoms with Crippen LogP contribution in [0.5, 0.6) is 0 Å². The van der Waals surface area contributed by atoms with Crippen molar-refractivity contribution in [3.63, 3.8) is 0 Å². The number of alkyl halides is 2. The van der Waals surface area contributed by atoms with E-state index in [2.05, 4.69) is 25.7 Å². The quantitative estimate of drug-likeness (QED) is 0.212. The molecule has 0 spiro atoms. The summed E-state index contributed by atoms with van der Waals surface area (Å²) in [5.41, 5.74) is -0.521. The van der Waals surface area contributed by atoms with Gasteiger partial charge in [0.25, 0.3) is 5.91 Å². The van der Waals surface area contributed by atoms with Crippen LogP contribution in [0.4, 0.5) is 18.0 Å². The highest BCUT2D eigenvalue weighted by molar-refractivity contribution is 6.33. The number of allylic oxidation sites excluding steroid dienone is 3. The molecule has 2 aromatic heterocycles. The molecule has 1 saturated carbocycles. The summed E-state index contributed by atoms with van der Waals surface area (Å²) in [5, 5.41) is 18.9. The first-order valence-electron chi connectivity index (χ1n) is 15.9. The maximum absolute atomic E-state index is 16.3. The predicted molar refractivity (Wildman–Crippen MR) is 176 cm³/mol. The van der Waals surface area contributed by atoms with Crippen LogP contribution in [0.3, 0.4) is 0 Å². The van der Waals surface area contributed by atoms with Gasteiger partial charge < -0.3 is 15.4 Å². The summed E-state index contributed by atoms with van der Waals surface area (Å²) in [7, 11) is 0. The van der Waals surface area contributed by atoms with Crippen molar-refractivity contribution in [2.24, 2.45) is 11.3 Å². The van der Waals surface area contributed by atoms with E-state index in [0.29, 0.717) is 37.8 Å². The van der Waals surface area contributed by atoms with Gasteiger partial charge in [-0.2, -0.15) is 13.9 Å². The maximum Gasteiger partial charge on any atom is 0.407 e. The third-order valence-electron chi connectivity index (χ3n) is 8.69. The fraction of sp³-hybridized carbons (Fsp3) is 0.412. The molecular formula is C34H36ClF3N8O3. The van der Waals surface area contributed by atoms with Gasteiger partial charge in [0.15, 0.2) is 11.8 Å². The number of hydrogen-bond acceptors (Lipinski definition) is 7. The van der Waals surface area contributed by atoms with Crippen LogP contribution in [0.1, 0.15) is 70.2 Å². The second-order valence-electron chi connectivity index (χ2n) is 13.7. The van der Waals surface area contributed by atoms with Crippen LogP contribution in [-0.4, -0.2) is 60.8 Å². The highest BCUT2D eigenvalue weighted by atomic mass is 35.5. The number of aromatic nitrogens is 4. The van der Waals surface area contributed by atoms with Crippen molar-refractivity contribution in [1.82, 2.24) is 35.3 Å². The molecule has 1 unspecified atom stereocenters. The Balaban J connectivity index is 1.37. The summed E-state index contributed by atoms with van der Waals surface area (Å²) < 4.78 is 48.7. The van der Waals surface area contributed by atoms with Crippen LogP contribution in [0.2, 0.25) is 5.02 Å². The monoisotopic (exact) mass is 696 g/mol. The van der Waals surface area contributed by atoms with Crippen molar-refractivity contribution in [2.45, 2.75) is 70.6 Å². The minimum absolute atomic E-state index is 0.0276. The van der Waals surface area contributed by atoms with Gasteiger partial charge in [-0.1, -0.05) is 44.5 Å². The van der Waals surface area contributed by atoms with Crippen LogP contribution in [0.25, 0.3) is 17.0 Å². The largest absolute Gasteiger partial charge is 0.447 e. The normalized spacial score (nSPS) is 21.7. The molecule has 15 heteroatoms. The Hall–Kier alpha value is -4.72. The first-order valence-corrected chi connectivity index (χ1v) is 16.2. The van der Waals surface area contributed by atoms with Crippen molar-refractivity contribution < 1.29 is 27.5 Å². The summed E-state index contributed by atoms with van der Waals surface area (Å²) in [6.07, 6.45) is 9.60. The number of hydrogen-bond donors (Lipinski definition) is 3. The Kier molecular flexibility index (Phi) is 9.27. The van der Waals surface area contributed by atoms with Gasteiger partial charge in [-0.25, -0.2) is 23.8 Å². The van der Waals surface area contributed by atoms with Gasteiger partial charge in [-0.15, -0.1) is 0 Å². The molecule has 11 nitrogen and oxygen atoms in total. The highest BCUT2D eigenvalue weighted by Crippen LogP contribution is 2.46. The predicted octanol–water partition coefficient (Wildman–Crippen LogP) is 6.82. The number of nitrogens with zero attached hydrogens (tertiary/aromatic N) is 5. The summed E-state index contributed by atoms with van der Waals surface area (Å²) in [6, 6.07) is 5.65. The Morgan fingerprint density at radius 3 is 2.61 bits per heavy atom. The van der Waals surface area contributed by atoms with Crippen LogP contribution >= 0.6 is 11.6 Å². The van der Waals surface area contributed by atoms with Crippen LogP contribution < -0.4 is 10.6 Å². The molecule has 1 aliphatic heterocycles. The third-order valence-corrected chi connectivity index (χ3v) is 9.02. The molecule has 2 aliphatic carbocycles. The van der Waals surface area contributed by atoms with Crippen molar-refractivity contribution in [1.29, 1.82) is 5.41 Å². The van der Waals surface area contributed by atoms with Crippen molar-refractivity contribution in [2.75, 3.05) is 6.61 Å². The van der Waals surface area contributed by atoms with E-state index >= 15 is 4.39 Å². The van der Waals surface area contributed by atoms with Gasteiger partial charge in [0.05, 0.1) is 17.3 Å². The molecule has 1 saturated heterocycles. The lowest BCUT2D eigenvalue weighted by Crippen LogP contribution is -2.56. The maximum atomic E-state index is 16.3. The SMILES string of the molecule is CC(C)(C)C[C@]1(C2CC=C(c3cnn(C(F)F)c3)C=C2F)NC(=N)N([C@H](COC(=O)NC2CC2)c2ccc(Cl)c(-c3ncccn3)c2)C1=O. The zero-order valence-corrected chi connectivity index (χ0v) is 27.8. The van der Waals surface area contributed by atoms with E-state index < -0.39 is 47.3 Å². The first-order chi connectivity index (χ1) is 23.3. The first kappa shape index (κ1) is 34.2. The molecule has 3 atom stereocenters. The lowest BCUT2D eigenvalue weighted by atomic mass is 9.69. The molecule has 1 aromatic carbocycles. The zero-order valence-electron chi connectivity index (χ0n) is 27.1. The Morgan fingerprint density at radius 2 is 1.98 bits per heavy atom. The molecule has 3 aromatic rings. The Labute approximate surface area is 286 Å². The van der Waals surface area contributed by atoms with Crippen molar-refractivity contribution in [3.8, 4) is 11.4 Å². The number of amides is 2. The van der Waals surface area contributed by atoms with E-state index in [1.165, 1.54) is 17.2 Å². The number of benzene rings is 1. The number of rotatable bonds is 10. The number of carbonyl (C=O) groups excluding carboxylic acids is 2. The number of ether oxygens (including phenoxy) is 1. The lowest BCUT2D eigenvalue weighted by Gasteiger charge is -2.40. The summed E-state index contributed by atoms with van der Waals surface area (Å²) in [5.74, 6) is -2.23. The lowest BCUT2D eigenvalue weighted by molar-refractivity contribution is -0.136. The van der Waals surface area contributed by atoms with Gasteiger partial charge in [0, 0.05) is 41.7 Å². The van der Waals surface area contributed by atoms with E-state index in [4.69, 9.17) is 21.7 Å². The molecule has 0 bridgehead atoms. The van der Waals surface area contributed by atoms with Crippen LogP contribution in [-0.2, 0) is 9.53 Å². The number of guanidine groups is 1. The molecule has 0 radical (unpaired) electrons. The number of halogens is 4. The average molecular weight is 697 g/mol. The van der Waals surface area contributed by atoms with Crippen molar-refractivity contribution >= 4 is 35.1 Å². The molecule has 3 heterocycles. The van der Waals surface area contributed by atoms with E-state index in [1.807, 2.05) is 20.8 Å². The molecule has 6 rings (SSSR count). The molecule has 3 aliphatic rings. The molecule has 258 valence electrons. The zero-order chi connectivity index (χ0) is 35.1. The van der Waals surface area contributed by atoms with Gasteiger partial charge in [0.1, 0.15) is 18.0 Å². The minimum atomic E-state index is -2.85. The molecule has 2 amide bonds. The Bertz CT molecular complexity index is 1820. The molecule has 3 N–H and O–H groups in total. The van der Waals surface area contributed by atoms with Gasteiger partial charge in [-0.3, -0.25) is 15.1 Å². The van der Waals surface area contributed by atoms with E-state index in [-0.39, 0.29) is 31.4 Å². The second-order valence-corrected chi connectivity index (χ2v) is 14.1. The van der Waals surface area contributed by atoms with Gasteiger partial charge >= 0.3 is 12.6 Å². The van der Waals surface area contributed by atoms with Crippen LogP contribution in [0.15, 0.2) is 67.0 Å². The highest BCUT2D eigenvalue weighted by Gasteiger charge is 2.58. The van der Waals surface area contributed by atoms with Gasteiger partial charge in [0.2, 0.25) is 0 Å². The van der Waals surface area contributed by atoms with Crippen molar-refractivity contribution in [3.05, 3.63) is 83.2 Å². The standard InChI is InChI=1S/C34H36ClF3N8O3/c1-33(2,3)18-34(24-9-5-19(14-26(24)36)21-15-42-45(16-21)30(37)38)29(47)46(31(39)44-34)27(17-49-32(48)43-22-7-8-22)20-6-10-25(35)23(13-20)28-40-11-4-12-41-28/h4-6,10-16,22,24,27,30H,7-9,17-18H2,1-3H3,(H2,39,44)(H,43,48)/t24?,27-,34-/m1/s1. The third kappa shape index (κ3) is 7.19. The molecule has 2 fully saturated rings. The van der Waals surface area contributed by atoms with E-state index in [1.54, 1.807) is 42.7 Å². The minimum Gasteiger partial charge on any atom is -0.447 e. The number of nitrogens with one attached hydrogen (secondary N) is 3. The van der Waals surface area contributed by atoms with Gasteiger partial charge in [-0.05, 0) is 66.5 Å². The number of alkyl carbamates (subject to hydrolysis) is 1. The summed E-state index contributed by atoms with van der Waals surface area (Å²) in [6.45, 7) is 2.57. The molecule has 49 heavy (non-hydrogen) atoms. The fourth-order valence-electron chi connectivity index (χ4n) is 6.42. The molecular weight excluding hydrogens is 661 g/mol. The number of carbonyl (C=O) groups is 2. The van der Waals surface area contributed by atoms with E-state index in [9.17, 15) is 18.4 Å². The fourth-order valence-corrected chi connectivity index (χ4v) is 6.62.